The van der Waals surface area contributed by atoms with E-state index in [4.69, 9.17) is 11.6 Å². The van der Waals surface area contributed by atoms with Gasteiger partial charge in [0.2, 0.25) is 0 Å². The Bertz CT molecular complexity index is 880. The summed E-state index contributed by atoms with van der Waals surface area (Å²) in [5, 5.41) is 25.3. The summed E-state index contributed by atoms with van der Waals surface area (Å²) in [4.78, 5) is 32.3. The Morgan fingerprint density at radius 3 is 2.20 bits per heavy atom. The Labute approximate surface area is 146 Å². The lowest BCUT2D eigenvalue weighted by Crippen LogP contribution is -2.19. The predicted octanol–water partition coefficient (Wildman–Crippen LogP) is 3.31. The van der Waals surface area contributed by atoms with Gasteiger partial charge in [-0.2, -0.15) is 5.10 Å². The molecule has 0 bridgehead atoms. The van der Waals surface area contributed by atoms with E-state index in [2.05, 4.69) is 10.5 Å². The lowest BCUT2D eigenvalue weighted by Gasteiger charge is -2.04. The van der Waals surface area contributed by atoms with E-state index < -0.39 is 15.8 Å². The molecule has 0 heterocycles. The number of carbonyl (C=O) groups is 1. The van der Waals surface area contributed by atoms with Crippen molar-refractivity contribution in [2.45, 2.75) is 6.92 Å². The first-order valence-electron chi connectivity index (χ1n) is 6.83. The van der Waals surface area contributed by atoms with E-state index in [0.29, 0.717) is 11.3 Å². The SMILES string of the molecule is C/C(=N/NC(=O)c1ccc(Cl)c([N+](=O)[O-])c1)c1ccc([N+](=O)[O-])cc1. The summed E-state index contributed by atoms with van der Waals surface area (Å²) in [7, 11) is 0. The average molecular weight is 363 g/mol. The standard InChI is InChI=1S/C15H11ClN4O5/c1-9(10-2-5-12(6-3-10)19(22)23)17-18-15(21)11-4-7-13(16)14(8-11)20(24)25/h2-8H,1H3,(H,18,21)/b17-9-. The van der Waals surface area contributed by atoms with Crippen LogP contribution in [0.2, 0.25) is 5.02 Å². The average Bonchev–Trinajstić information content (AvgIpc) is 2.59. The van der Waals surface area contributed by atoms with Crippen molar-refractivity contribution in [1.29, 1.82) is 0 Å². The first-order chi connectivity index (χ1) is 11.8. The highest BCUT2D eigenvalue weighted by Gasteiger charge is 2.16. The fourth-order valence-electron chi connectivity index (χ4n) is 1.88. The van der Waals surface area contributed by atoms with E-state index in [1.165, 1.54) is 36.4 Å². The number of hydrogen-bond donors (Lipinski definition) is 1. The predicted molar refractivity (Wildman–Crippen MR) is 90.9 cm³/mol. The van der Waals surface area contributed by atoms with Crippen LogP contribution in [0.1, 0.15) is 22.8 Å². The quantitative estimate of drug-likeness (QED) is 0.495. The van der Waals surface area contributed by atoms with Crippen molar-refractivity contribution in [3.8, 4) is 0 Å². The Hall–Kier alpha value is -3.33. The Morgan fingerprint density at radius 2 is 1.64 bits per heavy atom. The molecule has 0 unspecified atom stereocenters. The van der Waals surface area contributed by atoms with Gasteiger partial charge < -0.3 is 0 Å². The summed E-state index contributed by atoms with van der Waals surface area (Å²) in [6.07, 6.45) is 0. The van der Waals surface area contributed by atoms with E-state index in [0.717, 1.165) is 6.07 Å². The molecule has 2 aromatic rings. The zero-order valence-corrected chi connectivity index (χ0v) is 13.6. The molecule has 2 rings (SSSR count). The number of halogens is 1. The molecular formula is C15H11ClN4O5. The molecule has 0 radical (unpaired) electrons. The van der Waals surface area contributed by atoms with Crippen LogP contribution in [0.25, 0.3) is 0 Å². The first kappa shape index (κ1) is 18.0. The van der Waals surface area contributed by atoms with Crippen LogP contribution >= 0.6 is 11.6 Å². The minimum Gasteiger partial charge on any atom is -0.267 e. The third-order valence-electron chi connectivity index (χ3n) is 3.23. The zero-order valence-electron chi connectivity index (χ0n) is 12.8. The van der Waals surface area contributed by atoms with Gasteiger partial charge in [0.1, 0.15) is 5.02 Å². The Balaban J connectivity index is 2.15. The molecule has 0 saturated heterocycles. The van der Waals surface area contributed by atoms with Crippen LogP contribution in [0, 0.1) is 20.2 Å². The molecular weight excluding hydrogens is 352 g/mol. The van der Waals surface area contributed by atoms with Crippen LogP contribution in [0.4, 0.5) is 11.4 Å². The van der Waals surface area contributed by atoms with Crippen molar-refractivity contribution < 1.29 is 14.6 Å². The highest BCUT2D eigenvalue weighted by atomic mass is 35.5. The topological polar surface area (TPSA) is 128 Å². The number of hydrazone groups is 1. The molecule has 0 aliphatic rings. The summed E-state index contributed by atoms with van der Waals surface area (Å²) in [5.74, 6) is -0.652. The van der Waals surface area contributed by atoms with Gasteiger partial charge in [0.25, 0.3) is 17.3 Å². The number of hydrogen-bond acceptors (Lipinski definition) is 6. The molecule has 9 nitrogen and oxygen atoms in total. The van der Waals surface area contributed by atoms with Gasteiger partial charge in [0, 0.05) is 23.8 Å². The highest BCUT2D eigenvalue weighted by molar-refractivity contribution is 6.32. The molecule has 128 valence electrons. The van der Waals surface area contributed by atoms with Gasteiger partial charge in [-0.05, 0) is 36.8 Å². The van der Waals surface area contributed by atoms with E-state index >= 15 is 0 Å². The van der Waals surface area contributed by atoms with Crippen molar-refractivity contribution in [3.63, 3.8) is 0 Å². The number of non-ortho nitro benzene ring substituents is 1. The summed E-state index contributed by atoms with van der Waals surface area (Å²) < 4.78 is 0. The number of benzene rings is 2. The fraction of sp³-hybridized carbons (Fsp3) is 0.0667. The maximum atomic E-state index is 12.0. The molecule has 1 amide bonds. The Kier molecular flexibility index (Phi) is 5.40. The van der Waals surface area contributed by atoms with Crippen LogP contribution in [-0.4, -0.2) is 21.5 Å². The number of nitrogens with one attached hydrogen (secondary N) is 1. The van der Waals surface area contributed by atoms with Crippen LogP contribution in [-0.2, 0) is 0 Å². The molecule has 0 fully saturated rings. The van der Waals surface area contributed by atoms with Gasteiger partial charge in [0.15, 0.2) is 0 Å². The highest BCUT2D eigenvalue weighted by Crippen LogP contribution is 2.25. The molecule has 2 aromatic carbocycles. The molecule has 0 aliphatic carbocycles. The third-order valence-corrected chi connectivity index (χ3v) is 3.55. The second-order valence-corrected chi connectivity index (χ2v) is 5.27. The number of rotatable bonds is 5. The number of carbonyl (C=O) groups excluding carboxylic acids is 1. The summed E-state index contributed by atoms with van der Waals surface area (Å²) in [6, 6.07) is 9.27. The monoisotopic (exact) mass is 362 g/mol. The van der Waals surface area contributed by atoms with Gasteiger partial charge in [-0.25, -0.2) is 5.43 Å². The number of amides is 1. The summed E-state index contributed by atoms with van der Waals surface area (Å²) in [5.41, 5.74) is 2.83. The second kappa shape index (κ2) is 7.49. The van der Waals surface area contributed by atoms with Gasteiger partial charge >= 0.3 is 0 Å². The van der Waals surface area contributed by atoms with Crippen LogP contribution in [0.5, 0.6) is 0 Å². The van der Waals surface area contributed by atoms with Crippen molar-refractivity contribution in [1.82, 2.24) is 5.43 Å². The van der Waals surface area contributed by atoms with Crippen molar-refractivity contribution in [3.05, 3.63) is 78.8 Å². The number of nitro benzene ring substituents is 2. The van der Waals surface area contributed by atoms with Gasteiger partial charge in [-0.1, -0.05) is 11.6 Å². The normalized spacial score (nSPS) is 11.0. The van der Waals surface area contributed by atoms with Crippen molar-refractivity contribution in [2.75, 3.05) is 0 Å². The lowest BCUT2D eigenvalue weighted by molar-refractivity contribution is -0.385. The minimum absolute atomic E-state index is 0.0244. The number of nitrogens with zero attached hydrogens (tertiary/aromatic N) is 3. The van der Waals surface area contributed by atoms with Crippen LogP contribution in [0.3, 0.4) is 0 Å². The molecule has 10 heteroatoms. The van der Waals surface area contributed by atoms with Gasteiger partial charge in [0.05, 0.1) is 15.6 Å². The number of nitro groups is 2. The molecule has 1 N–H and O–H groups in total. The maximum Gasteiger partial charge on any atom is 0.288 e. The van der Waals surface area contributed by atoms with Gasteiger partial charge in [-0.15, -0.1) is 0 Å². The fourth-order valence-corrected chi connectivity index (χ4v) is 2.07. The second-order valence-electron chi connectivity index (χ2n) is 4.87. The van der Waals surface area contributed by atoms with Crippen LogP contribution in [0.15, 0.2) is 47.6 Å². The Morgan fingerprint density at radius 1 is 1.04 bits per heavy atom. The maximum absolute atomic E-state index is 12.0. The third kappa shape index (κ3) is 4.36. The molecule has 0 spiro atoms. The van der Waals surface area contributed by atoms with E-state index in [9.17, 15) is 25.0 Å². The summed E-state index contributed by atoms with van der Waals surface area (Å²) in [6.45, 7) is 1.60. The van der Waals surface area contributed by atoms with Crippen molar-refractivity contribution >= 4 is 34.6 Å². The van der Waals surface area contributed by atoms with E-state index in [1.807, 2.05) is 0 Å². The van der Waals surface area contributed by atoms with Gasteiger partial charge in [-0.3, -0.25) is 25.0 Å². The van der Waals surface area contributed by atoms with E-state index in [-0.39, 0.29) is 22.0 Å². The van der Waals surface area contributed by atoms with E-state index in [1.54, 1.807) is 6.92 Å². The largest absolute Gasteiger partial charge is 0.288 e. The molecule has 0 aliphatic heterocycles. The molecule has 25 heavy (non-hydrogen) atoms. The van der Waals surface area contributed by atoms with Crippen molar-refractivity contribution in [2.24, 2.45) is 5.10 Å². The molecule has 0 saturated carbocycles. The lowest BCUT2D eigenvalue weighted by atomic mass is 10.1. The smallest absolute Gasteiger partial charge is 0.267 e. The molecule has 0 aromatic heterocycles. The minimum atomic E-state index is -0.690. The van der Waals surface area contributed by atoms with Crippen LogP contribution < -0.4 is 5.43 Å². The first-order valence-corrected chi connectivity index (χ1v) is 7.21. The zero-order chi connectivity index (χ0) is 18.6. The summed E-state index contributed by atoms with van der Waals surface area (Å²) >= 11 is 5.69. The molecule has 0 atom stereocenters.